The van der Waals surface area contributed by atoms with Gasteiger partial charge < -0.3 is 33.9 Å². The van der Waals surface area contributed by atoms with Crippen molar-refractivity contribution in [2.45, 2.75) is 122 Å². The van der Waals surface area contributed by atoms with Gasteiger partial charge in [-0.05, 0) is 55.7 Å². The van der Waals surface area contributed by atoms with Crippen LogP contribution in [0.3, 0.4) is 0 Å². The summed E-state index contributed by atoms with van der Waals surface area (Å²) < 4.78 is 31.2. The zero-order chi connectivity index (χ0) is 30.1. The van der Waals surface area contributed by atoms with Crippen LogP contribution >= 0.6 is 0 Å². The van der Waals surface area contributed by atoms with E-state index in [0.717, 1.165) is 18.4 Å². The molecule has 3 heterocycles. The quantitative estimate of drug-likeness (QED) is 0.429. The molecule has 230 valence electrons. The van der Waals surface area contributed by atoms with Crippen molar-refractivity contribution in [2.24, 2.45) is 23.2 Å². The van der Waals surface area contributed by atoms with Crippen LogP contribution < -0.4 is 0 Å². The van der Waals surface area contributed by atoms with E-state index in [2.05, 4.69) is 27.7 Å². The smallest absolute Gasteiger partial charge is 0.309 e. The fourth-order valence-electron chi connectivity index (χ4n) is 6.98. The summed E-state index contributed by atoms with van der Waals surface area (Å²) in [5, 5.41) is 20.2. The van der Waals surface area contributed by atoms with E-state index in [0.29, 0.717) is 12.8 Å². The van der Waals surface area contributed by atoms with Gasteiger partial charge in [0, 0.05) is 24.9 Å². The molecule has 1 aromatic carbocycles. The fourth-order valence-corrected chi connectivity index (χ4v) is 6.98. The molecule has 0 amide bonds. The molecule has 9 heteroatoms. The molecule has 3 aliphatic rings. The average Bonchev–Trinajstić information content (AvgIpc) is 2.88. The van der Waals surface area contributed by atoms with Gasteiger partial charge in [-0.15, -0.1) is 0 Å². The molecule has 3 fully saturated rings. The second kappa shape index (κ2) is 12.6. The zero-order valence-electron chi connectivity index (χ0n) is 25.5. The molecule has 9 nitrogen and oxygen atoms in total. The van der Waals surface area contributed by atoms with Crippen molar-refractivity contribution in [3.63, 3.8) is 0 Å². The molecule has 0 radical (unpaired) electrons. The number of methoxy groups -OCH3 is 1. The maximum absolute atomic E-state index is 13.1. The van der Waals surface area contributed by atoms with Gasteiger partial charge >= 0.3 is 11.9 Å². The highest BCUT2D eigenvalue weighted by atomic mass is 16.7. The first kappa shape index (κ1) is 31.7. The number of aliphatic hydroxyl groups is 1. The van der Waals surface area contributed by atoms with Crippen LogP contribution in [0.25, 0.3) is 0 Å². The number of phenolic OH excluding ortho intramolecular Hbond substituents is 1. The zero-order valence-corrected chi connectivity index (χ0v) is 25.5. The predicted octanol–water partition coefficient (Wildman–Crippen LogP) is 5.07. The average molecular weight is 577 g/mol. The van der Waals surface area contributed by atoms with E-state index in [4.69, 9.17) is 23.7 Å². The van der Waals surface area contributed by atoms with E-state index in [9.17, 15) is 19.8 Å². The number of fused-ring (bicyclic) bond motifs is 2. The molecule has 3 saturated heterocycles. The van der Waals surface area contributed by atoms with Crippen molar-refractivity contribution in [2.75, 3.05) is 7.11 Å². The Labute approximate surface area is 243 Å². The molecule has 10 unspecified atom stereocenters. The molecule has 1 spiro atoms. The standard InChI is InChI=1S/C32H48O9/c1-18(11-12-24(37-7)22-9-8-10-23(34)13-22)30-20(3)27-17-32(41-30)31(5,6)16-19(2)25(40-32)14-28(35)38-26(21(4)33)15-29(36)39-27/h8-10,13,18-21,24-27,30,33-34H,11-12,14-17H2,1-7H3. The number of hydrogen-bond donors (Lipinski definition) is 2. The SMILES string of the molecule is COC(CCC(C)C1OC23CC(OC(=O)CC(C(C)O)OC(=O)CC(O2)C(C)CC3(C)C)C1C)c1cccc(O)c1. The largest absolute Gasteiger partial charge is 0.508 e. The number of hydrogen-bond acceptors (Lipinski definition) is 9. The summed E-state index contributed by atoms with van der Waals surface area (Å²) in [6, 6.07) is 7.11. The van der Waals surface area contributed by atoms with Crippen molar-refractivity contribution in [1.82, 2.24) is 0 Å². The summed E-state index contributed by atoms with van der Waals surface area (Å²) in [5.41, 5.74) is 0.488. The number of benzene rings is 1. The van der Waals surface area contributed by atoms with Crippen molar-refractivity contribution in [3.8, 4) is 5.75 Å². The van der Waals surface area contributed by atoms with Crippen LogP contribution in [-0.2, 0) is 33.3 Å². The second-order valence-corrected chi connectivity index (χ2v) is 13.2. The first-order valence-electron chi connectivity index (χ1n) is 15.0. The lowest BCUT2D eigenvalue weighted by Crippen LogP contribution is -2.65. The minimum atomic E-state index is -1.06. The van der Waals surface area contributed by atoms with Gasteiger partial charge in [0.05, 0.1) is 37.3 Å². The molecule has 2 N–H and O–H groups in total. The number of rotatable bonds is 7. The molecule has 3 aliphatic heterocycles. The van der Waals surface area contributed by atoms with Gasteiger partial charge in [0.15, 0.2) is 5.79 Å². The summed E-state index contributed by atoms with van der Waals surface area (Å²) in [6.07, 6.45) is -1.03. The van der Waals surface area contributed by atoms with Gasteiger partial charge in [-0.2, -0.15) is 0 Å². The number of carbonyl (C=O) groups excluding carboxylic acids is 2. The number of aromatic hydroxyl groups is 1. The van der Waals surface area contributed by atoms with E-state index in [1.54, 1.807) is 19.2 Å². The normalized spacial score (nSPS) is 36.1. The lowest BCUT2D eigenvalue weighted by Gasteiger charge is -2.59. The number of esters is 2. The summed E-state index contributed by atoms with van der Waals surface area (Å²) in [6.45, 7) is 12.0. The first-order valence-corrected chi connectivity index (χ1v) is 15.0. The molecule has 3 bridgehead atoms. The lowest BCUT2D eigenvalue weighted by atomic mass is 9.67. The van der Waals surface area contributed by atoms with Crippen molar-refractivity contribution >= 4 is 11.9 Å². The van der Waals surface area contributed by atoms with E-state index in [1.165, 1.54) is 6.92 Å². The van der Waals surface area contributed by atoms with Gasteiger partial charge in [0.1, 0.15) is 18.0 Å². The highest BCUT2D eigenvalue weighted by Gasteiger charge is 2.60. The summed E-state index contributed by atoms with van der Waals surface area (Å²) in [5.74, 6) is -1.90. The monoisotopic (exact) mass is 576 g/mol. The lowest BCUT2D eigenvalue weighted by molar-refractivity contribution is -0.393. The molecule has 0 aromatic heterocycles. The number of ether oxygens (including phenoxy) is 5. The Bertz CT molecular complexity index is 1070. The Balaban J connectivity index is 1.63. The highest BCUT2D eigenvalue weighted by molar-refractivity contribution is 5.73. The molecular weight excluding hydrogens is 528 g/mol. The van der Waals surface area contributed by atoms with E-state index < -0.39 is 47.6 Å². The van der Waals surface area contributed by atoms with E-state index >= 15 is 0 Å². The second-order valence-electron chi connectivity index (χ2n) is 13.2. The van der Waals surface area contributed by atoms with Gasteiger partial charge in [-0.25, -0.2) is 0 Å². The van der Waals surface area contributed by atoms with Gasteiger partial charge in [0.2, 0.25) is 0 Å². The minimum absolute atomic E-state index is 0.0144. The molecule has 4 rings (SSSR count). The van der Waals surface area contributed by atoms with Crippen molar-refractivity contribution < 1.29 is 43.5 Å². The van der Waals surface area contributed by atoms with Gasteiger partial charge in [-0.3, -0.25) is 9.59 Å². The van der Waals surface area contributed by atoms with Crippen molar-refractivity contribution in [1.29, 1.82) is 0 Å². The Morgan fingerprint density at radius 1 is 1.00 bits per heavy atom. The minimum Gasteiger partial charge on any atom is -0.508 e. The van der Waals surface area contributed by atoms with Crippen LogP contribution in [0.5, 0.6) is 5.75 Å². The fraction of sp³-hybridized carbons (Fsp3) is 0.750. The van der Waals surface area contributed by atoms with Crippen LogP contribution in [0, 0.1) is 23.2 Å². The maximum atomic E-state index is 13.1. The molecule has 10 atom stereocenters. The van der Waals surface area contributed by atoms with Crippen LogP contribution in [0.4, 0.5) is 0 Å². The highest BCUT2D eigenvalue weighted by Crippen LogP contribution is 2.55. The van der Waals surface area contributed by atoms with Crippen LogP contribution in [-0.4, -0.2) is 65.6 Å². The Morgan fingerprint density at radius 2 is 1.71 bits per heavy atom. The van der Waals surface area contributed by atoms with E-state index in [1.807, 2.05) is 19.1 Å². The predicted molar refractivity (Wildman–Crippen MR) is 151 cm³/mol. The molecule has 41 heavy (non-hydrogen) atoms. The third kappa shape index (κ3) is 6.90. The Kier molecular flexibility index (Phi) is 9.73. The van der Waals surface area contributed by atoms with Gasteiger partial charge in [0.25, 0.3) is 0 Å². The maximum Gasteiger partial charge on any atom is 0.309 e. The summed E-state index contributed by atoms with van der Waals surface area (Å²) >= 11 is 0. The molecular formula is C32H48O9. The van der Waals surface area contributed by atoms with E-state index in [-0.39, 0.29) is 48.6 Å². The third-order valence-electron chi connectivity index (χ3n) is 9.55. The van der Waals surface area contributed by atoms with Crippen LogP contribution in [0.2, 0.25) is 0 Å². The number of phenols is 1. The first-order chi connectivity index (χ1) is 19.2. The topological polar surface area (TPSA) is 121 Å². The van der Waals surface area contributed by atoms with Crippen LogP contribution in [0.15, 0.2) is 24.3 Å². The number of cyclic esters (lactones) is 1. The summed E-state index contributed by atoms with van der Waals surface area (Å²) in [4.78, 5) is 26.0. The molecule has 0 aliphatic carbocycles. The van der Waals surface area contributed by atoms with Gasteiger partial charge in [-0.1, -0.05) is 46.8 Å². The summed E-state index contributed by atoms with van der Waals surface area (Å²) in [7, 11) is 1.67. The third-order valence-corrected chi connectivity index (χ3v) is 9.55. The molecule has 1 aromatic rings. The van der Waals surface area contributed by atoms with Crippen LogP contribution in [0.1, 0.15) is 91.7 Å². The Morgan fingerprint density at radius 3 is 2.37 bits per heavy atom. The van der Waals surface area contributed by atoms with Crippen molar-refractivity contribution in [3.05, 3.63) is 29.8 Å². The number of aliphatic hydroxyl groups excluding tert-OH is 1. The number of carbonyl (C=O) groups is 2. The molecule has 0 saturated carbocycles. The Hall–Kier alpha value is -2.20.